The molecule has 0 amide bonds. The van der Waals surface area contributed by atoms with Crippen LogP contribution in [0.5, 0.6) is 11.5 Å². The van der Waals surface area contributed by atoms with Crippen LogP contribution in [-0.4, -0.2) is 19.3 Å². The number of nitrogens with zero attached hydrogens (tertiary/aromatic N) is 4. The summed E-state index contributed by atoms with van der Waals surface area (Å²) in [7, 11) is 0. The second kappa shape index (κ2) is 14.7. The number of rotatable bonds is 11. The van der Waals surface area contributed by atoms with Crippen LogP contribution in [0.25, 0.3) is 44.4 Å². The fourth-order valence-electron chi connectivity index (χ4n) is 6.72. The Morgan fingerprint density at radius 1 is 0.750 bits per heavy atom. The Bertz CT molecular complexity index is 2170. The molecule has 6 heteroatoms. The molecule has 0 bridgehead atoms. The van der Waals surface area contributed by atoms with Gasteiger partial charge in [0.1, 0.15) is 5.82 Å². The van der Waals surface area contributed by atoms with Gasteiger partial charge in [-0.15, -0.1) is 35.7 Å². The van der Waals surface area contributed by atoms with Crippen molar-refractivity contribution in [2.75, 3.05) is 0 Å². The summed E-state index contributed by atoms with van der Waals surface area (Å²) in [6.45, 7) is 8.85. The van der Waals surface area contributed by atoms with Gasteiger partial charge in [0.25, 0.3) is 0 Å². The van der Waals surface area contributed by atoms with Gasteiger partial charge >= 0.3 is 21.1 Å². The van der Waals surface area contributed by atoms with E-state index in [0.717, 1.165) is 83.0 Å². The van der Waals surface area contributed by atoms with Gasteiger partial charge in [-0.2, -0.15) is 17.2 Å². The van der Waals surface area contributed by atoms with Crippen LogP contribution in [-0.2, 0) is 40.3 Å². The van der Waals surface area contributed by atoms with Crippen LogP contribution >= 0.6 is 0 Å². The summed E-state index contributed by atoms with van der Waals surface area (Å²) in [5, 5.41) is 7.06. The molecule has 5 nitrogen and oxygen atoms in total. The number of aromatic nitrogens is 4. The van der Waals surface area contributed by atoms with E-state index >= 15 is 0 Å². The average Bonchev–Trinajstić information content (AvgIpc) is 3.68. The summed E-state index contributed by atoms with van der Waals surface area (Å²) in [5.74, 6) is 2.08. The van der Waals surface area contributed by atoms with Crippen molar-refractivity contribution in [3.63, 3.8) is 0 Å². The van der Waals surface area contributed by atoms with Crippen LogP contribution in [0.4, 0.5) is 0 Å². The third-order valence-electron chi connectivity index (χ3n) is 8.72. The van der Waals surface area contributed by atoms with Crippen LogP contribution < -0.4 is 4.74 Å². The number of para-hydroxylation sites is 1. The number of aryl methyl sites for hydroxylation is 4. The molecule has 244 valence electrons. The normalized spacial score (nSPS) is 11.2. The van der Waals surface area contributed by atoms with E-state index in [1.54, 1.807) is 0 Å². The molecule has 0 fully saturated rings. The molecule has 0 aliphatic carbocycles. The predicted molar refractivity (Wildman–Crippen MR) is 192 cm³/mol. The zero-order valence-corrected chi connectivity index (χ0v) is 30.3. The summed E-state index contributed by atoms with van der Waals surface area (Å²) in [6, 6.07) is 34.3. The van der Waals surface area contributed by atoms with Gasteiger partial charge in [0.2, 0.25) is 0 Å². The van der Waals surface area contributed by atoms with Crippen LogP contribution in [0.1, 0.15) is 62.3 Å². The maximum Gasteiger partial charge on any atom is 2.00 e. The summed E-state index contributed by atoms with van der Waals surface area (Å²) in [6.07, 6.45) is 12.6. The minimum Gasteiger partial charge on any atom is -0.509 e. The van der Waals surface area contributed by atoms with Crippen molar-refractivity contribution in [1.82, 2.24) is 19.3 Å². The van der Waals surface area contributed by atoms with Crippen LogP contribution in [0.3, 0.4) is 0 Å². The number of hydrogen-bond donors (Lipinski definition) is 0. The van der Waals surface area contributed by atoms with E-state index in [2.05, 4.69) is 99.1 Å². The standard InChI is InChI=1S/C42H40N4O.Pt/c1-5-11-30-23-31(12-6-2)42(32(24-30)13-7-3)33-27-44-45(28-33)34-14-10-15-35(25-34)47-36-18-19-38-37-16-8-9-17-39(37)46(40(38)26-36)41-22-29(4)20-21-43-41;/h8-10,14-24,27-28H,5-7,11-13H2,1-4H3;/q-2;+2. The number of pyridine rings is 1. The van der Waals surface area contributed by atoms with E-state index in [4.69, 9.17) is 14.8 Å². The van der Waals surface area contributed by atoms with Crippen molar-refractivity contribution in [1.29, 1.82) is 0 Å². The quantitative estimate of drug-likeness (QED) is 0.122. The third kappa shape index (κ3) is 6.62. The van der Waals surface area contributed by atoms with Gasteiger partial charge in [0.15, 0.2) is 0 Å². The molecular formula is C42H40N4OPt. The Balaban J connectivity index is 0.00000401. The molecule has 7 aromatic rings. The Hall–Kier alpha value is -4.47. The summed E-state index contributed by atoms with van der Waals surface area (Å²) >= 11 is 0. The molecule has 0 aliphatic rings. The summed E-state index contributed by atoms with van der Waals surface area (Å²) in [4.78, 5) is 4.69. The molecule has 4 aromatic carbocycles. The number of hydrogen-bond acceptors (Lipinski definition) is 3. The molecule has 0 aliphatic heterocycles. The number of benzene rings is 4. The largest absolute Gasteiger partial charge is 2.00 e. The SMILES string of the molecule is CCCc1cc(CCC)c(-c2cnn(-c3[c-]c(Oc4[c-]c5c(cc4)c4ccccc4n5-c4cc(C)ccn4)ccc3)c2)c(CCC)c1.[Pt+2]. The third-order valence-corrected chi connectivity index (χ3v) is 8.72. The van der Waals surface area contributed by atoms with Crippen LogP contribution in [0.15, 0.2) is 97.5 Å². The molecule has 0 saturated heterocycles. The first-order chi connectivity index (χ1) is 23.1. The monoisotopic (exact) mass is 811 g/mol. The summed E-state index contributed by atoms with van der Waals surface area (Å²) < 4.78 is 10.5. The second-order valence-electron chi connectivity index (χ2n) is 12.3. The Kier molecular flexibility index (Phi) is 10.3. The minimum atomic E-state index is 0. The summed E-state index contributed by atoms with van der Waals surface area (Å²) in [5.41, 5.74) is 10.8. The second-order valence-corrected chi connectivity index (χ2v) is 12.3. The molecule has 0 spiro atoms. The molecular weight excluding hydrogens is 772 g/mol. The van der Waals surface area contributed by atoms with Gasteiger partial charge in [0.05, 0.1) is 6.20 Å². The van der Waals surface area contributed by atoms with E-state index in [1.807, 2.05) is 47.4 Å². The predicted octanol–water partition coefficient (Wildman–Crippen LogP) is 10.6. The van der Waals surface area contributed by atoms with E-state index in [1.165, 1.54) is 22.3 Å². The van der Waals surface area contributed by atoms with E-state index in [9.17, 15) is 0 Å². The van der Waals surface area contributed by atoms with E-state index < -0.39 is 0 Å². The van der Waals surface area contributed by atoms with Gasteiger partial charge < -0.3 is 9.30 Å². The maximum atomic E-state index is 6.40. The van der Waals surface area contributed by atoms with E-state index in [-0.39, 0.29) is 21.1 Å². The molecule has 0 unspecified atom stereocenters. The molecule has 3 aromatic heterocycles. The van der Waals surface area contributed by atoms with Crippen molar-refractivity contribution in [2.24, 2.45) is 0 Å². The Morgan fingerprint density at radius 3 is 2.25 bits per heavy atom. The van der Waals surface area contributed by atoms with Gasteiger partial charge in [-0.3, -0.25) is 4.68 Å². The zero-order chi connectivity index (χ0) is 32.3. The maximum absolute atomic E-state index is 6.40. The van der Waals surface area contributed by atoms with Crippen molar-refractivity contribution in [3.8, 4) is 34.1 Å². The van der Waals surface area contributed by atoms with Crippen molar-refractivity contribution in [3.05, 3.63) is 132 Å². The Labute approximate surface area is 297 Å². The van der Waals surface area contributed by atoms with Gasteiger partial charge in [0, 0.05) is 35.0 Å². The smallest absolute Gasteiger partial charge is 0.509 e. The Morgan fingerprint density at radius 2 is 1.50 bits per heavy atom. The first-order valence-electron chi connectivity index (χ1n) is 16.8. The number of fused-ring (bicyclic) bond motifs is 3. The first-order valence-corrected chi connectivity index (χ1v) is 16.8. The minimum absolute atomic E-state index is 0. The molecule has 0 radical (unpaired) electrons. The van der Waals surface area contributed by atoms with E-state index in [0.29, 0.717) is 11.5 Å². The van der Waals surface area contributed by atoms with Gasteiger partial charge in [-0.1, -0.05) is 75.9 Å². The molecule has 0 saturated carbocycles. The fraction of sp³-hybridized carbons (Fsp3) is 0.238. The van der Waals surface area contributed by atoms with Gasteiger partial charge in [-0.25, -0.2) is 4.98 Å². The van der Waals surface area contributed by atoms with Crippen molar-refractivity contribution >= 4 is 21.8 Å². The van der Waals surface area contributed by atoms with Gasteiger partial charge in [-0.05, 0) is 83.3 Å². The average molecular weight is 812 g/mol. The van der Waals surface area contributed by atoms with Crippen LogP contribution in [0, 0.1) is 19.1 Å². The molecule has 3 heterocycles. The van der Waals surface area contributed by atoms with Crippen LogP contribution in [0.2, 0.25) is 0 Å². The topological polar surface area (TPSA) is 44.9 Å². The molecule has 0 N–H and O–H groups in total. The van der Waals surface area contributed by atoms with Crippen molar-refractivity contribution < 1.29 is 25.8 Å². The van der Waals surface area contributed by atoms with Crippen molar-refractivity contribution in [2.45, 2.75) is 66.2 Å². The first kappa shape index (κ1) is 33.4. The zero-order valence-electron chi connectivity index (χ0n) is 28.0. The molecule has 48 heavy (non-hydrogen) atoms. The fourth-order valence-corrected chi connectivity index (χ4v) is 6.72. The molecule has 0 atom stereocenters. The molecule has 7 rings (SSSR count). The number of ether oxygens (including phenoxy) is 1.